The molecule has 0 aromatic heterocycles. The zero-order valence-corrected chi connectivity index (χ0v) is 20.2. The van der Waals surface area contributed by atoms with Gasteiger partial charge in [0.1, 0.15) is 0 Å². The minimum atomic E-state index is -2.84. The maximum atomic E-state index is 2.66. The van der Waals surface area contributed by atoms with Gasteiger partial charge >= 0.3 is 185 Å². The quantitative estimate of drug-likeness (QED) is 0.230. The van der Waals surface area contributed by atoms with Crippen LogP contribution in [0.4, 0.5) is 0 Å². The van der Waals surface area contributed by atoms with Crippen LogP contribution in [-0.2, 0) is 13.3 Å². The molecule has 0 saturated heterocycles. The molecule has 0 aliphatic rings. The Morgan fingerprint density at radius 2 is 0.767 bits per heavy atom. The molecule has 0 aliphatic heterocycles. The molecule has 0 nitrogen and oxygen atoms in total. The third-order valence-electron chi connectivity index (χ3n) is 5.63. The molecule has 0 aliphatic carbocycles. The van der Waals surface area contributed by atoms with E-state index in [-0.39, 0.29) is 0 Å². The van der Waals surface area contributed by atoms with Crippen molar-refractivity contribution in [2.75, 3.05) is 0 Å². The van der Waals surface area contributed by atoms with Crippen LogP contribution in [0.3, 0.4) is 0 Å². The van der Waals surface area contributed by atoms with E-state index in [0.717, 1.165) is 0 Å². The van der Waals surface area contributed by atoms with Crippen molar-refractivity contribution in [2.24, 2.45) is 0 Å². The van der Waals surface area contributed by atoms with Gasteiger partial charge in [0.2, 0.25) is 0 Å². The monoisotopic (exact) mass is 496 g/mol. The summed E-state index contributed by atoms with van der Waals surface area (Å²) in [4.78, 5) is 0. The second-order valence-corrected chi connectivity index (χ2v) is 19.8. The normalized spacial score (nSPS) is 11.6. The SMILES string of the molecule is C(=[CH]\[Sn]([CH2]c1ccccc1)([CH2]c1ccccc1)[CH2]c1ccccc1)/c1ccccc1. The zero-order chi connectivity index (χ0) is 20.5. The van der Waals surface area contributed by atoms with Gasteiger partial charge in [-0.05, 0) is 0 Å². The summed E-state index contributed by atoms with van der Waals surface area (Å²) in [5, 5.41) is 0. The molecule has 0 spiro atoms. The van der Waals surface area contributed by atoms with Gasteiger partial charge in [-0.3, -0.25) is 0 Å². The van der Waals surface area contributed by atoms with E-state index in [1.165, 1.54) is 35.6 Å². The first-order valence-electron chi connectivity index (χ1n) is 10.7. The van der Waals surface area contributed by atoms with Gasteiger partial charge in [-0.15, -0.1) is 0 Å². The molecule has 0 heterocycles. The Hall–Kier alpha value is -2.58. The molecule has 0 amide bonds. The Morgan fingerprint density at radius 3 is 1.13 bits per heavy atom. The van der Waals surface area contributed by atoms with E-state index >= 15 is 0 Å². The summed E-state index contributed by atoms with van der Waals surface area (Å²) < 4.78 is 6.30. The van der Waals surface area contributed by atoms with E-state index in [1.54, 1.807) is 0 Å². The van der Waals surface area contributed by atoms with E-state index in [4.69, 9.17) is 0 Å². The van der Waals surface area contributed by atoms with Crippen molar-refractivity contribution in [3.8, 4) is 0 Å². The summed E-state index contributed by atoms with van der Waals surface area (Å²) in [5.41, 5.74) is 5.71. The topological polar surface area (TPSA) is 0 Å². The predicted octanol–water partition coefficient (Wildman–Crippen LogP) is 7.03. The Labute approximate surface area is 184 Å². The Morgan fingerprint density at radius 1 is 0.433 bits per heavy atom. The maximum absolute atomic E-state index is 2.84. The van der Waals surface area contributed by atoms with Gasteiger partial charge in [-0.25, -0.2) is 0 Å². The van der Waals surface area contributed by atoms with Crippen LogP contribution in [0.1, 0.15) is 22.3 Å². The Kier molecular flexibility index (Phi) is 7.20. The molecule has 30 heavy (non-hydrogen) atoms. The van der Waals surface area contributed by atoms with Gasteiger partial charge < -0.3 is 0 Å². The molecule has 4 rings (SSSR count). The molecule has 0 fully saturated rings. The van der Waals surface area contributed by atoms with Crippen LogP contribution in [0, 0.1) is 0 Å². The third kappa shape index (κ3) is 5.96. The van der Waals surface area contributed by atoms with Crippen LogP contribution in [0.5, 0.6) is 0 Å². The number of rotatable bonds is 8. The van der Waals surface area contributed by atoms with E-state index in [0.29, 0.717) is 0 Å². The molecular weight excluding hydrogens is 467 g/mol. The van der Waals surface area contributed by atoms with Gasteiger partial charge in [0, 0.05) is 0 Å². The molecule has 148 valence electrons. The van der Waals surface area contributed by atoms with Crippen molar-refractivity contribution in [1.29, 1.82) is 0 Å². The second-order valence-electron chi connectivity index (χ2n) is 8.09. The number of hydrogen-bond donors (Lipinski definition) is 0. The van der Waals surface area contributed by atoms with Crippen LogP contribution in [-0.4, -0.2) is 18.4 Å². The zero-order valence-electron chi connectivity index (χ0n) is 17.3. The fourth-order valence-corrected chi connectivity index (χ4v) is 16.8. The van der Waals surface area contributed by atoms with Crippen LogP contribution in [0.25, 0.3) is 6.08 Å². The minimum absolute atomic E-state index is 1.21. The molecule has 0 N–H and O–H groups in total. The van der Waals surface area contributed by atoms with Crippen molar-refractivity contribution in [2.45, 2.75) is 13.3 Å². The fraction of sp³-hybridized carbons (Fsp3) is 0.103. The van der Waals surface area contributed by atoms with E-state index in [1.807, 2.05) is 0 Å². The molecule has 0 radical (unpaired) electrons. The van der Waals surface area contributed by atoms with Gasteiger partial charge in [0.15, 0.2) is 0 Å². The summed E-state index contributed by atoms with van der Waals surface area (Å²) in [5.74, 6) is 0. The van der Waals surface area contributed by atoms with Crippen LogP contribution >= 0.6 is 0 Å². The Bertz CT molecular complexity index is 937. The summed E-state index contributed by atoms with van der Waals surface area (Å²) in [6.07, 6.45) is 2.39. The van der Waals surface area contributed by atoms with Crippen LogP contribution in [0.15, 0.2) is 125 Å². The van der Waals surface area contributed by atoms with Crippen molar-refractivity contribution in [3.05, 3.63) is 148 Å². The van der Waals surface area contributed by atoms with Crippen molar-refractivity contribution in [3.63, 3.8) is 0 Å². The summed E-state index contributed by atoms with van der Waals surface area (Å²) in [6.45, 7) is 0. The Balaban J connectivity index is 1.76. The first-order chi connectivity index (χ1) is 14.8. The van der Waals surface area contributed by atoms with Crippen LogP contribution < -0.4 is 0 Å². The molecule has 4 aromatic carbocycles. The van der Waals surface area contributed by atoms with Crippen molar-refractivity contribution < 1.29 is 0 Å². The summed E-state index contributed by atoms with van der Waals surface area (Å²) in [7, 11) is 0. The molecule has 0 unspecified atom stereocenters. The molecule has 0 bridgehead atoms. The first-order valence-corrected chi connectivity index (χ1v) is 18.4. The van der Waals surface area contributed by atoms with Crippen molar-refractivity contribution in [1.82, 2.24) is 0 Å². The van der Waals surface area contributed by atoms with E-state index in [9.17, 15) is 0 Å². The predicted molar refractivity (Wildman–Crippen MR) is 132 cm³/mol. The van der Waals surface area contributed by atoms with Gasteiger partial charge in [-0.1, -0.05) is 0 Å². The first kappa shape index (κ1) is 20.7. The van der Waals surface area contributed by atoms with Crippen molar-refractivity contribution >= 4 is 24.5 Å². The third-order valence-corrected chi connectivity index (χ3v) is 17.6. The van der Waals surface area contributed by atoms with Gasteiger partial charge in [0.25, 0.3) is 0 Å². The molecule has 0 atom stereocenters. The second kappa shape index (κ2) is 10.4. The van der Waals surface area contributed by atoms with Gasteiger partial charge in [-0.2, -0.15) is 0 Å². The average Bonchev–Trinajstić information content (AvgIpc) is 2.80. The molecular formula is C29H28Sn. The molecule has 0 saturated carbocycles. The average molecular weight is 495 g/mol. The summed E-state index contributed by atoms with van der Waals surface area (Å²) >= 11 is -2.84. The molecule has 4 aromatic rings. The number of benzene rings is 4. The van der Waals surface area contributed by atoms with E-state index in [2.05, 4.69) is 131 Å². The standard InChI is InChI=1S/C8H7.3C7H7.Sn/c1-2-8-6-4-3-5-7-8;3*1-7-5-3-2-4-6-7;/h1-7H;3*2-6H,1H2;. The van der Waals surface area contributed by atoms with Gasteiger partial charge in [0.05, 0.1) is 0 Å². The summed E-state index contributed by atoms with van der Waals surface area (Å²) in [6, 6.07) is 44.0. The molecule has 1 heteroatoms. The number of hydrogen-bond acceptors (Lipinski definition) is 0. The van der Waals surface area contributed by atoms with Crippen LogP contribution in [0.2, 0.25) is 0 Å². The van der Waals surface area contributed by atoms with E-state index < -0.39 is 18.4 Å². The fourth-order valence-electron chi connectivity index (χ4n) is 4.21.